The third kappa shape index (κ3) is 3.73. The van der Waals surface area contributed by atoms with E-state index in [-0.39, 0.29) is 5.41 Å². The fourth-order valence-electron chi connectivity index (χ4n) is 3.04. The van der Waals surface area contributed by atoms with E-state index in [0.717, 1.165) is 17.9 Å². The fraction of sp³-hybridized carbons (Fsp3) is 0.444. The van der Waals surface area contributed by atoms with Crippen molar-refractivity contribution in [3.05, 3.63) is 59.7 Å². The Kier molecular flexibility index (Phi) is 5.27. The highest BCUT2D eigenvalue weighted by atomic mass is 35.5. The van der Waals surface area contributed by atoms with Crippen LogP contribution in [0.15, 0.2) is 49.1 Å². The predicted molar refractivity (Wildman–Crippen MR) is 84.8 cm³/mol. The summed E-state index contributed by atoms with van der Waals surface area (Å²) >= 11 is 6.01. The average molecular weight is 275 g/mol. The molecule has 0 N–H and O–H groups in total. The summed E-state index contributed by atoms with van der Waals surface area (Å²) in [6, 6.07) is 8.44. The number of rotatable bonds is 5. The van der Waals surface area contributed by atoms with Gasteiger partial charge < -0.3 is 0 Å². The number of halogens is 1. The van der Waals surface area contributed by atoms with Gasteiger partial charge in [-0.05, 0) is 43.4 Å². The molecule has 102 valence electrons. The third-order valence-electron chi connectivity index (χ3n) is 4.14. The normalized spacial score (nSPS) is 18.6. The zero-order valence-corrected chi connectivity index (χ0v) is 12.3. The van der Waals surface area contributed by atoms with E-state index in [1.807, 2.05) is 18.2 Å². The lowest BCUT2D eigenvalue weighted by Crippen LogP contribution is -2.26. The van der Waals surface area contributed by atoms with Gasteiger partial charge in [0.15, 0.2) is 0 Å². The summed E-state index contributed by atoms with van der Waals surface area (Å²) in [6.45, 7) is 3.78. The van der Waals surface area contributed by atoms with Gasteiger partial charge in [0.05, 0.1) is 0 Å². The molecular weight excluding hydrogens is 252 g/mol. The van der Waals surface area contributed by atoms with Gasteiger partial charge in [-0.15, -0.1) is 6.58 Å². The molecule has 1 heteroatoms. The molecule has 19 heavy (non-hydrogen) atoms. The van der Waals surface area contributed by atoms with Crippen LogP contribution in [0, 0.1) is 0 Å². The van der Waals surface area contributed by atoms with Gasteiger partial charge in [0, 0.05) is 10.4 Å². The van der Waals surface area contributed by atoms with Crippen molar-refractivity contribution in [2.75, 3.05) is 0 Å². The van der Waals surface area contributed by atoms with Gasteiger partial charge in [-0.2, -0.15) is 0 Å². The van der Waals surface area contributed by atoms with Crippen LogP contribution in [-0.4, -0.2) is 0 Å². The van der Waals surface area contributed by atoms with Crippen LogP contribution in [0.2, 0.25) is 5.02 Å². The summed E-state index contributed by atoms with van der Waals surface area (Å²) in [7, 11) is 0. The molecule has 1 aromatic carbocycles. The molecule has 0 radical (unpaired) electrons. The van der Waals surface area contributed by atoms with E-state index in [9.17, 15) is 0 Å². The molecule has 1 aromatic rings. The van der Waals surface area contributed by atoms with E-state index in [4.69, 9.17) is 11.6 Å². The number of hydrogen-bond donors (Lipinski definition) is 0. The zero-order valence-electron chi connectivity index (χ0n) is 11.6. The summed E-state index contributed by atoms with van der Waals surface area (Å²) in [6.07, 6.45) is 15.5. The number of hydrogen-bond acceptors (Lipinski definition) is 0. The number of benzene rings is 1. The molecule has 2 rings (SSSR count). The molecule has 1 aliphatic rings. The SMILES string of the molecule is C=CCCC=CC1(c2ccc(Cl)cc2)CCCCC1. The molecule has 0 spiro atoms. The van der Waals surface area contributed by atoms with Crippen LogP contribution in [0.1, 0.15) is 50.5 Å². The highest BCUT2D eigenvalue weighted by Gasteiger charge is 2.30. The first-order valence-electron chi connectivity index (χ1n) is 7.31. The molecule has 0 unspecified atom stereocenters. The van der Waals surface area contributed by atoms with Crippen LogP contribution in [0.25, 0.3) is 0 Å². The first-order valence-corrected chi connectivity index (χ1v) is 7.69. The molecule has 1 saturated carbocycles. The van der Waals surface area contributed by atoms with Crippen LogP contribution in [0.3, 0.4) is 0 Å². The lowest BCUT2D eigenvalue weighted by Gasteiger charge is -2.35. The van der Waals surface area contributed by atoms with Crippen LogP contribution in [0.4, 0.5) is 0 Å². The molecule has 0 amide bonds. The second kappa shape index (κ2) is 6.96. The third-order valence-corrected chi connectivity index (χ3v) is 4.39. The van der Waals surface area contributed by atoms with Gasteiger partial charge in [0.25, 0.3) is 0 Å². The van der Waals surface area contributed by atoms with E-state index in [1.54, 1.807) is 0 Å². The van der Waals surface area contributed by atoms with Gasteiger partial charge in [-0.25, -0.2) is 0 Å². The fourth-order valence-corrected chi connectivity index (χ4v) is 3.17. The van der Waals surface area contributed by atoms with E-state index >= 15 is 0 Å². The Labute approximate surface area is 122 Å². The average Bonchev–Trinajstić information content (AvgIpc) is 2.45. The zero-order chi connectivity index (χ0) is 13.6. The Bertz CT molecular complexity index is 422. The van der Waals surface area contributed by atoms with Gasteiger partial charge in [-0.1, -0.05) is 61.2 Å². The van der Waals surface area contributed by atoms with Crippen molar-refractivity contribution in [3.63, 3.8) is 0 Å². The van der Waals surface area contributed by atoms with Crippen molar-refractivity contribution in [1.82, 2.24) is 0 Å². The second-order valence-corrected chi connectivity index (χ2v) is 5.93. The Hall–Kier alpha value is -1.01. The van der Waals surface area contributed by atoms with E-state index in [0.29, 0.717) is 0 Å². The number of allylic oxidation sites excluding steroid dienone is 3. The topological polar surface area (TPSA) is 0 Å². The highest BCUT2D eigenvalue weighted by molar-refractivity contribution is 6.30. The molecule has 0 bridgehead atoms. The lowest BCUT2D eigenvalue weighted by molar-refractivity contribution is 0.356. The maximum Gasteiger partial charge on any atom is 0.0406 e. The lowest BCUT2D eigenvalue weighted by atomic mass is 9.69. The van der Waals surface area contributed by atoms with Gasteiger partial charge in [0.2, 0.25) is 0 Å². The summed E-state index contributed by atoms with van der Waals surface area (Å²) < 4.78 is 0. The van der Waals surface area contributed by atoms with Gasteiger partial charge in [-0.3, -0.25) is 0 Å². The second-order valence-electron chi connectivity index (χ2n) is 5.49. The van der Waals surface area contributed by atoms with Gasteiger partial charge in [0.1, 0.15) is 0 Å². The highest BCUT2D eigenvalue weighted by Crippen LogP contribution is 2.41. The van der Waals surface area contributed by atoms with Crippen molar-refractivity contribution < 1.29 is 0 Å². The Balaban J connectivity index is 2.20. The van der Waals surface area contributed by atoms with Crippen molar-refractivity contribution in [2.45, 2.75) is 50.4 Å². The maximum absolute atomic E-state index is 6.01. The first-order chi connectivity index (χ1) is 9.27. The molecule has 0 heterocycles. The molecule has 0 nitrogen and oxygen atoms in total. The predicted octanol–water partition coefficient (Wildman–Crippen LogP) is 6.06. The molecule has 0 aliphatic heterocycles. The molecule has 1 aliphatic carbocycles. The van der Waals surface area contributed by atoms with Crippen LogP contribution >= 0.6 is 11.6 Å². The summed E-state index contributed by atoms with van der Waals surface area (Å²) in [5.74, 6) is 0. The minimum absolute atomic E-state index is 0.240. The van der Waals surface area contributed by atoms with Crippen LogP contribution in [-0.2, 0) is 5.41 Å². The van der Waals surface area contributed by atoms with E-state index < -0.39 is 0 Å². The van der Waals surface area contributed by atoms with Gasteiger partial charge >= 0.3 is 0 Å². The van der Waals surface area contributed by atoms with Crippen molar-refractivity contribution in [3.8, 4) is 0 Å². The van der Waals surface area contributed by atoms with Crippen LogP contribution in [0.5, 0.6) is 0 Å². The van der Waals surface area contributed by atoms with Crippen molar-refractivity contribution >= 4 is 11.6 Å². The van der Waals surface area contributed by atoms with Crippen LogP contribution < -0.4 is 0 Å². The maximum atomic E-state index is 6.01. The monoisotopic (exact) mass is 274 g/mol. The molecular formula is C18H23Cl. The van der Waals surface area contributed by atoms with Crippen molar-refractivity contribution in [2.24, 2.45) is 0 Å². The quantitative estimate of drug-likeness (QED) is 0.452. The first kappa shape index (κ1) is 14.4. The largest absolute Gasteiger partial charge is 0.103 e. The van der Waals surface area contributed by atoms with Crippen molar-refractivity contribution in [1.29, 1.82) is 0 Å². The Morgan fingerprint density at radius 1 is 1.05 bits per heavy atom. The smallest absolute Gasteiger partial charge is 0.0406 e. The molecule has 0 aromatic heterocycles. The van der Waals surface area contributed by atoms with E-state index in [2.05, 4.69) is 30.9 Å². The number of unbranched alkanes of at least 4 members (excludes halogenated alkanes) is 1. The molecule has 1 fully saturated rings. The minimum Gasteiger partial charge on any atom is -0.103 e. The molecule has 0 atom stereocenters. The Morgan fingerprint density at radius 3 is 2.37 bits per heavy atom. The van der Waals surface area contributed by atoms with E-state index in [1.165, 1.54) is 37.7 Å². The summed E-state index contributed by atoms with van der Waals surface area (Å²) in [4.78, 5) is 0. The molecule has 0 saturated heterocycles. The minimum atomic E-state index is 0.240. The standard InChI is InChI=1S/C18H23Cl/c1-2-3-4-6-13-18(14-7-5-8-15-18)16-9-11-17(19)12-10-16/h2,6,9-13H,1,3-5,7-8,14-15H2. The summed E-state index contributed by atoms with van der Waals surface area (Å²) in [5.41, 5.74) is 1.66. The summed E-state index contributed by atoms with van der Waals surface area (Å²) in [5, 5.41) is 0.824. The Morgan fingerprint density at radius 2 is 1.74 bits per heavy atom.